The van der Waals surface area contributed by atoms with Crippen LogP contribution >= 0.6 is 0 Å². The third kappa shape index (κ3) is 5.24. The highest BCUT2D eigenvalue weighted by atomic mass is 16.5. The fourth-order valence-corrected chi connectivity index (χ4v) is 4.62. The Hall–Kier alpha value is -4.06. The summed E-state index contributed by atoms with van der Waals surface area (Å²) in [5.41, 5.74) is 2.63. The van der Waals surface area contributed by atoms with Gasteiger partial charge in [-0.2, -0.15) is 0 Å². The number of carbonyl (C=O) groups is 2. The summed E-state index contributed by atoms with van der Waals surface area (Å²) in [6.45, 7) is 10.4. The molecule has 1 aliphatic heterocycles. The van der Waals surface area contributed by atoms with Crippen molar-refractivity contribution in [3.8, 4) is 11.5 Å². The predicted octanol–water partition coefficient (Wildman–Crippen LogP) is 6.62. The average Bonchev–Trinajstić information content (AvgIpc) is 3.14. The van der Waals surface area contributed by atoms with Gasteiger partial charge in [0.2, 0.25) is 0 Å². The molecule has 0 radical (unpaired) electrons. The molecular formula is C31H33NO5. The zero-order valence-corrected chi connectivity index (χ0v) is 21.9. The highest BCUT2D eigenvalue weighted by Crippen LogP contribution is 2.43. The Morgan fingerprint density at radius 1 is 0.946 bits per heavy atom. The Morgan fingerprint density at radius 2 is 1.68 bits per heavy atom. The second-order valence-corrected chi connectivity index (χ2v) is 9.58. The number of nitrogens with zero attached hydrogens (tertiary/aromatic N) is 1. The van der Waals surface area contributed by atoms with Crippen molar-refractivity contribution >= 4 is 23.1 Å². The molecule has 1 aliphatic rings. The number of para-hydroxylation sites is 1. The van der Waals surface area contributed by atoms with Gasteiger partial charge in [-0.05, 0) is 80.3 Å². The van der Waals surface area contributed by atoms with Gasteiger partial charge in [0.05, 0.1) is 24.3 Å². The Bertz CT molecular complexity index is 1330. The van der Waals surface area contributed by atoms with Gasteiger partial charge in [0, 0.05) is 11.3 Å². The molecule has 0 aromatic heterocycles. The van der Waals surface area contributed by atoms with Crippen LogP contribution in [0.2, 0.25) is 0 Å². The van der Waals surface area contributed by atoms with Crippen molar-refractivity contribution < 1.29 is 24.2 Å². The third-order valence-corrected chi connectivity index (χ3v) is 6.23. The molecule has 0 spiro atoms. The summed E-state index contributed by atoms with van der Waals surface area (Å²) in [4.78, 5) is 28.3. The van der Waals surface area contributed by atoms with Gasteiger partial charge in [-0.25, -0.2) is 0 Å². The van der Waals surface area contributed by atoms with E-state index in [0.29, 0.717) is 29.2 Å². The van der Waals surface area contributed by atoms with Crippen molar-refractivity contribution in [2.75, 3.05) is 11.5 Å². The molecule has 1 saturated heterocycles. The smallest absolute Gasteiger partial charge is 0.300 e. The van der Waals surface area contributed by atoms with Crippen LogP contribution in [-0.2, 0) is 9.59 Å². The number of ether oxygens (including phenoxy) is 2. The molecule has 0 aliphatic carbocycles. The van der Waals surface area contributed by atoms with E-state index < -0.39 is 17.7 Å². The van der Waals surface area contributed by atoms with Crippen LogP contribution in [0.15, 0.2) is 78.4 Å². The van der Waals surface area contributed by atoms with Crippen LogP contribution in [0, 0.1) is 0 Å². The van der Waals surface area contributed by atoms with E-state index in [1.807, 2.05) is 83.1 Å². The SMILES string of the molecule is CCOc1ccc(/C(O)=C2\C(=O)C(=O)N(c3ccccc3)C2c2cccc(OC(C)C)c2)cc1C(C)C. The molecule has 192 valence electrons. The third-order valence-electron chi connectivity index (χ3n) is 6.23. The number of anilines is 1. The maximum absolute atomic E-state index is 13.5. The number of amides is 1. The maximum Gasteiger partial charge on any atom is 0.300 e. The largest absolute Gasteiger partial charge is 0.507 e. The van der Waals surface area contributed by atoms with E-state index in [9.17, 15) is 14.7 Å². The number of carbonyl (C=O) groups excluding carboxylic acids is 2. The maximum atomic E-state index is 13.5. The van der Waals surface area contributed by atoms with Gasteiger partial charge >= 0.3 is 0 Å². The van der Waals surface area contributed by atoms with Crippen LogP contribution < -0.4 is 14.4 Å². The van der Waals surface area contributed by atoms with Gasteiger partial charge in [-0.15, -0.1) is 0 Å². The Balaban J connectivity index is 1.92. The number of benzene rings is 3. The molecule has 0 bridgehead atoms. The van der Waals surface area contributed by atoms with E-state index in [1.165, 1.54) is 4.90 Å². The number of ketones is 1. The van der Waals surface area contributed by atoms with E-state index in [2.05, 4.69) is 0 Å². The van der Waals surface area contributed by atoms with Crippen LogP contribution in [0.25, 0.3) is 5.76 Å². The number of hydrogen-bond donors (Lipinski definition) is 1. The van der Waals surface area contributed by atoms with Gasteiger partial charge in [0.15, 0.2) is 0 Å². The lowest BCUT2D eigenvalue weighted by Crippen LogP contribution is -2.29. The van der Waals surface area contributed by atoms with Gasteiger partial charge in [-0.3, -0.25) is 14.5 Å². The van der Waals surface area contributed by atoms with Crippen LogP contribution in [0.4, 0.5) is 5.69 Å². The molecule has 6 heteroatoms. The molecule has 3 aromatic rings. The number of aliphatic hydroxyl groups is 1. The molecule has 1 atom stereocenters. The topological polar surface area (TPSA) is 76.1 Å². The summed E-state index contributed by atoms with van der Waals surface area (Å²) in [6, 6.07) is 20.9. The molecule has 0 saturated carbocycles. The minimum Gasteiger partial charge on any atom is -0.507 e. The molecule has 1 unspecified atom stereocenters. The van der Waals surface area contributed by atoms with Gasteiger partial charge < -0.3 is 14.6 Å². The summed E-state index contributed by atoms with van der Waals surface area (Å²) in [5.74, 6) is -0.170. The molecule has 37 heavy (non-hydrogen) atoms. The fraction of sp³-hybridized carbons (Fsp3) is 0.290. The summed E-state index contributed by atoms with van der Waals surface area (Å²) in [6.07, 6.45) is -0.0472. The molecule has 6 nitrogen and oxygen atoms in total. The van der Waals surface area contributed by atoms with E-state index in [1.54, 1.807) is 24.3 Å². The quantitative estimate of drug-likeness (QED) is 0.214. The van der Waals surface area contributed by atoms with Crippen molar-refractivity contribution in [2.24, 2.45) is 0 Å². The first-order chi connectivity index (χ1) is 17.7. The standard InChI is InChI=1S/C31H33NO5/c1-6-36-26-16-15-22(18-25(26)19(2)3)29(33)27-28(21-11-10-14-24(17-21)37-20(4)5)32(31(35)30(27)34)23-12-8-7-9-13-23/h7-20,28,33H,6H2,1-5H3/b29-27+. The zero-order valence-electron chi connectivity index (χ0n) is 21.9. The molecule has 1 amide bonds. The van der Waals surface area contributed by atoms with Gasteiger partial charge in [0.1, 0.15) is 17.3 Å². The Morgan fingerprint density at radius 3 is 2.32 bits per heavy atom. The lowest BCUT2D eigenvalue weighted by atomic mass is 9.93. The molecule has 3 aromatic carbocycles. The van der Waals surface area contributed by atoms with Crippen LogP contribution in [-0.4, -0.2) is 29.5 Å². The van der Waals surface area contributed by atoms with E-state index in [-0.39, 0.29) is 23.4 Å². The van der Waals surface area contributed by atoms with Crippen LogP contribution in [0.5, 0.6) is 11.5 Å². The fourth-order valence-electron chi connectivity index (χ4n) is 4.62. The summed E-state index contributed by atoms with van der Waals surface area (Å²) < 4.78 is 11.7. The molecular weight excluding hydrogens is 466 g/mol. The number of aliphatic hydroxyl groups excluding tert-OH is 1. The van der Waals surface area contributed by atoms with Crippen LogP contribution in [0.1, 0.15) is 63.3 Å². The monoisotopic (exact) mass is 499 g/mol. The second-order valence-electron chi connectivity index (χ2n) is 9.58. The normalized spacial score (nSPS) is 17.1. The van der Waals surface area contributed by atoms with Crippen molar-refractivity contribution in [1.82, 2.24) is 0 Å². The second kappa shape index (κ2) is 10.9. The van der Waals surface area contributed by atoms with E-state index >= 15 is 0 Å². The van der Waals surface area contributed by atoms with Crippen LogP contribution in [0.3, 0.4) is 0 Å². The summed E-state index contributed by atoms with van der Waals surface area (Å²) in [7, 11) is 0. The van der Waals surface area contributed by atoms with Gasteiger partial charge in [-0.1, -0.05) is 44.2 Å². The highest BCUT2D eigenvalue weighted by molar-refractivity contribution is 6.51. The molecule has 4 rings (SSSR count). The number of hydrogen-bond acceptors (Lipinski definition) is 5. The van der Waals surface area contributed by atoms with Gasteiger partial charge in [0.25, 0.3) is 11.7 Å². The van der Waals surface area contributed by atoms with E-state index in [0.717, 1.165) is 11.3 Å². The van der Waals surface area contributed by atoms with E-state index in [4.69, 9.17) is 9.47 Å². The number of rotatable bonds is 8. The molecule has 1 N–H and O–H groups in total. The minimum absolute atomic E-state index is 0.0365. The Kier molecular flexibility index (Phi) is 7.67. The first-order valence-corrected chi connectivity index (χ1v) is 12.6. The first kappa shape index (κ1) is 26.0. The Labute approximate surface area is 218 Å². The average molecular weight is 500 g/mol. The molecule has 1 heterocycles. The van der Waals surface area contributed by atoms with Crippen molar-refractivity contribution in [3.05, 3.63) is 95.1 Å². The first-order valence-electron chi connectivity index (χ1n) is 12.6. The van der Waals surface area contributed by atoms with Crippen molar-refractivity contribution in [3.63, 3.8) is 0 Å². The lowest BCUT2D eigenvalue weighted by molar-refractivity contribution is -0.132. The van der Waals surface area contributed by atoms with Crippen molar-refractivity contribution in [2.45, 2.75) is 52.7 Å². The number of Topliss-reactive ketones (excluding diaryl/α,β-unsaturated/α-hetero) is 1. The summed E-state index contributed by atoms with van der Waals surface area (Å²) in [5, 5.41) is 11.6. The predicted molar refractivity (Wildman–Crippen MR) is 145 cm³/mol. The zero-order chi connectivity index (χ0) is 26.7. The lowest BCUT2D eigenvalue weighted by Gasteiger charge is -2.26. The minimum atomic E-state index is -0.827. The summed E-state index contributed by atoms with van der Waals surface area (Å²) >= 11 is 0. The molecule has 1 fully saturated rings. The van der Waals surface area contributed by atoms with Crippen molar-refractivity contribution in [1.29, 1.82) is 0 Å². The highest BCUT2D eigenvalue weighted by Gasteiger charge is 2.47.